The van der Waals surface area contributed by atoms with Crippen molar-refractivity contribution in [1.82, 2.24) is 9.62 Å². The van der Waals surface area contributed by atoms with Crippen LogP contribution in [0.1, 0.15) is 38.2 Å². The van der Waals surface area contributed by atoms with E-state index in [0.717, 1.165) is 19.4 Å². The van der Waals surface area contributed by atoms with Crippen LogP contribution in [-0.4, -0.2) is 50.5 Å². The highest BCUT2D eigenvalue weighted by atomic mass is 32.2. The molecule has 7 nitrogen and oxygen atoms in total. The molecule has 0 radical (unpaired) electrons. The summed E-state index contributed by atoms with van der Waals surface area (Å²) in [6.45, 7) is 3.24. The summed E-state index contributed by atoms with van der Waals surface area (Å²) in [7, 11) is -3.73. The van der Waals surface area contributed by atoms with Gasteiger partial charge in [0.05, 0.1) is 22.6 Å². The molecule has 0 saturated carbocycles. The van der Waals surface area contributed by atoms with Crippen molar-refractivity contribution >= 4 is 15.9 Å². The van der Waals surface area contributed by atoms with Crippen LogP contribution >= 0.6 is 0 Å². The van der Waals surface area contributed by atoms with E-state index in [2.05, 4.69) is 5.32 Å². The molecule has 2 aliphatic heterocycles. The van der Waals surface area contributed by atoms with Gasteiger partial charge in [0.15, 0.2) is 0 Å². The first kappa shape index (κ1) is 19.8. The molecular formula is C19H25N3O4S. The zero-order valence-electron chi connectivity index (χ0n) is 15.4. The Morgan fingerprint density at radius 1 is 1.30 bits per heavy atom. The fourth-order valence-corrected chi connectivity index (χ4v) is 5.33. The van der Waals surface area contributed by atoms with Gasteiger partial charge in [-0.15, -0.1) is 0 Å². The number of benzene rings is 1. The number of ether oxygens (including phenoxy) is 1. The van der Waals surface area contributed by atoms with Crippen molar-refractivity contribution in [3.05, 3.63) is 29.8 Å². The average Bonchev–Trinajstić information content (AvgIpc) is 3.23. The van der Waals surface area contributed by atoms with Crippen molar-refractivity contribution in [1.29, 1.82) is 5.26 Å². The third kappa shape index (κ3) is 4.32. The lowest BCUT2D eigenvalue weighted by atomic mass is 9.96. The molecule has 2 fully saturated rings. The Morgan fingerprint density at radius 2 is 2.00 bits per heavy atom. The Morgan fingerprint density at radius 3 is 2.63 bits per heavy atom. The summed E-state index contributed by atoms with van der Waals surface area (Å²) in [4.78, 5) is 12.5. The van der Waals surface area contributed by atoms with Crippen LogP contribution in [0.3, 0.4) is 0 Å². The van der Waals surface area contributed by atoms with Gasteiger partial charge in [0, 0.05) is 25.6 Å². The number of carbonyl (C=O) groups is 1. The fourth-order valence-electron chi connectivity index (χ4n) is 3.71. The maximum Gasteiger partial charge on any atom is 0.244 e. The van der Waals surface area contributed by atoms with Crippen LogP contribution in [0.25, 0.3) is 0 Å². The van der Waals surface area contributed by atoms with Crippen LogP contribution in [0.2, 0.25) is 0 Å². The second-order valence-corrected chi connectivity index (χ2v) is 9.04. The van der Waals surface area contributed by atoms with Gasteiger partial charge >= 0.3 is 0 Å². The monoisotopic (exact) mass is 391 g/mol. The highest BCUT2D eigenvalue weighted by Crippen LogP contribution is 2.26. The van der Waals surface area contributed by atoms with Crippen molar-refractivity contribution in [3.8, 4) is 6.07 Å². The third-order valence-corrected chi connectivity index (χ3v) is 7.30. The number of hydrogen-bond acceptors (Lipinski definition) is 5. The molecule has 0 spiro atoms. The quantitative estimate of drug-likeness (QED) is 0.823. The normalized spacial score (nSPS) is 22.9. The van der Waals surface area contributed by atoms with Crippen LogP contribution in [0, 0.1) is 17.2 Å². The van der Waals surface area contributed by atoms with Gasteiger partial charge in [-0.2, -0.15) is 9.57 Å². The lowest BCUT2D eigenvalue weighted by molar-refractivity contribution is -0.127. The number of amides is 1. The summed E-state index contributed by atoms with van der Waals surface area (Å²) in [5.41, 5.74) is 0.141. The highest BCUT2D eigenvalue weighted by Gasteiger charge is 2.34. The van der Waals surface area contributed by atoms with Gasteiger partial charge < -0.3 is 10.1 Å². The summed E-state index contributed by atoms with van der Waals surface area (Å²) in [5.74, 6) is -0.237. The van der Waals surface area contributed by atoms with Crippen LogP contribution in [0.5, 0.6) is 0 Å². The second kappa shape index (κ2) is 8.38. The third-order valence-electron chi connectivity index (χ3n) is 5.34. The minimum Gasteiger partial charge on any atom is -0.376 e. The smallest absolute Gasteiger partial charge is 0.244 e. The molecule has 0 bridgehead atoms. The Bertz CT molecular complexity index is 820. The van der Waals surface area contributed by atoms with E-state index < -0.39 is 10.0 Å². The number of nitrogens with one attached hydrogen (secondary N) is 1. The van der Waals surface area contributed by atoms with Gasteiger partial charge in [0.1, 0.15) is 6.07 Å². The lowest BCUT2D eigenvalue weighted by Gasteiger charge is -2.31. The van der Waals surface area contributed by atoms with E-state index in [1.807, 2.05) is 13.0 Å². The maximum absolute atomic E-state index is 12.9. The molecule has 1 aromatic rings. The molecule has 0 aromatic heterocycles. The number of rotatable bonds is 5. The minimum atomic E-state index is -3.73. The first-order chi connectivity index (χ1) is 12.9. The molecule has 146 valence electrons. The van der Waals surface area contributed by atoms with Gasteiger partial charge in [-0.3, -0.25) is 4.79 Å². The van der Waals surface area contributed by atoms with Crippen LogP contribution < -0.4 is 5.32 Å². The molecule has 2 unspecified atom stereocenters. The van der Waals surface area contributed by atoms with E-state index >= 15 is 0 Å². The lowest BCUT2D eigenvalue weighted by Crippen LogP contribution is -2.47. The molecule has 0 aliphatic carbocycles. The van der Waals surface area contributed by atoms with Crippen molar-refractivity contribution in [3.63, 3.8) is 0 Å². The molecule has 8 heteroatoms. The number of nitriles is 1. The predicted molar refractivity (Wildman–Crippen MR) is 99.2 cm³/mol. The number of hydrogen-bond donors (Lipinski definition) is 1. The summed E-state index contributed by atoms with van der Waals surface area (Å²) in [6.07, 6.45) is 2.98. The van der Waals surface area contributed by atoms with E-state index in [4.69, 9.17) is 4.74 Å². The standard InChI is InChI=1S/C19H25N3O4S/c1-14(17-6-4-12-26-17)21-19(23)15-8-10-22(11-9-15)27(24,25)18-7-3-2-5-16(18)13-20/h2-3,5,7,14-15,17H,4,6,8-12H2,1H3,(H,21,23). The number of piperidine rings is 1. The van der Waals surface area contributed by atoms with Crippen molar-refractivity contribution in [2.75, 3.05) is 19.7 Å². The van der Waals surface area contributed by atoms with Crippen LogP contribution in [0.15, 0.2) is 29.2 Å². The van der Waals surface area contributed by atoms with Crippen LogP contribution in [-0.2, 0) is 19.6 Å². The Kier molecular flexibility index (Phi) is 6.15. The first-order valence-electron chi connectivity index (χ1n) is 9.34. The van der Waals surface area contributed by atoms with Gasteiger partial charge in [-0.05, 0) is 44.7 Å². The van der Waals surface area contributed by atoms with E-state index in [-0.39, 0.29) is 47.5 Å². The van der Waals surface area contributed by atoms with Gasteiger partial charge in [-0.25, -0.2) is 8.42 Å². The minimum absolute atomic E-state index is 0.0300. The number of carbonyl (C=O) groups excluding carboxylic acids is 1. The molecule has 2 saturated heterocycles. The summed E-state index contributed by atoms with van der Waals surface area (Å²) >= 11 is 0. The largest absolute Gasteiger partial charge is 0.376 e. The molecule has 1 aromatic carbocycles. The van der Waals surface area contributed by atoms with Crippen molar-refractivity contribution < 1.29 is 17.9 Å². The molecule has 2 aliphatic rings. The van der Waals surface area contributed by atoms with E-state index in [9.17, 15) is 18.5 Å². The predicted octanol–water partition coefficient (Wildman–Crippen LogP) is 1.64. The Balaban J connectivity index is 1.59. The SMILES string of the molecule is CC(NC(=O)C1CCN(S(=O)(=O)c2ccccc2C#N)CC1)C1CCCO1. The topological polar surface area (TPSA) is 99.5 Å². The number of sulfonamides is 1. The van der Waals surface area contributed by atoms with Crippen molar-refractivity contribution in [2.24, 2.45) is 5.92 Å². The van der Waals surface area contributed by atoms with E-state index in [1.165, 1.54) is 16.4 Å². The maximum atomic E-state index is 12.9. The molecule has 27 heavy (non-hydrogen) atoms. The summed E-state index contributed by atoms with van der Waals surface area (Å²) in [5, 5.41) is 12.2. The second-order valence-electron chi connectivity index (χ2n) is 7.14. The molecule has 3 rings (SSSR count). The van der Waals surface area contributed by atoms with Gasteiger partial charge in [0.2, 0.25) is 15.9 Å². The fraction of sp³-hybridized carbons (Fsp3) is 0.579. The van der Waals surface area contributed by atoms with Gasteiger partial charge in [0.25, 0.3) is 0 Å². The van der Waals surface area contributed by atoms with E-state index in [1.54, 1.807) is 12.1 Å². The first-order valence-corrected chi connectivity index (χ1v) is 10.8. The van der Waals surface area contributed by atoms with Gasteiger partial charge in [-0.1, -0.05) is 12.1 Å². The van der Waals surface area contributed by atoms with Crippen molar-refractivity contribution in [2.45, 2.75) is 49.6 Å². The molecule has 1 N–H and O–H groups in total. The molecular weight excluding hydrogens is 366 g/mol. The summed E-state index contributed by atoms with van der Waals surface area (Å²) < 4.78 is 32.7. The highest BCUT2D eigenvalue weighted by molar-refractivity contribution is 7.89. The zero-order chi connectivity index (χ0) is 19.4. The zero-order valence-corrected chi connectivity index (χ0v) is 16.2. The molecule has 2 atom stereocenters. The number of nitrogens with zero attached hydrogens (tertiary/aromatic N) is 2. The Hall–Kier alpha value is -1.95. The summed E-state index contributed by atoms with van der Waals surface area (Å²) in [6, 6.07) is 8.10. The van der Waals surface area contributed by atoms with E-state index in [0.29, 0.717) is 12.8 Å². The Labute approximate surface area is 160 Å². The molecule has 1 amide bonds. The molecule has 2 heterocycles. The van der Waals surface area contributed by atoms with Crippen LogP contribution in [0.4, 0.5) is 0 Å². The average molecular weight is 391 g/mol.